The fourth-order valence-electron chi connectivity index (χ4n) is 2.21. The molecule has 1 aliphatic rings. The molecule has 5 nitrogen and oxygen atoms in total. The first-order chi connectivity index (χ1) is 9.10. The van der Waals surface area contributed by atoms with Crippen LogP contribution in [0.2, 0.25) is 0 Å². The maximum atomic E-state index is 12.1. The topological polar surface area (TPSA) is 81.4 Å². The van der Waals surface area contributed by atoms with Gasteiger partial charge in [-0.15, -0.1) is 0 Å². The van der Waals surface area contributed by atoms with Crippen molar-refractivity contribution in [2.45, 2.75) is 31.7 Å². The van der Waals surface area contributed by atoms with Gasteiger partial charge in [-0.05, 0) is 31.0 Å². The molecule has 1 fully saturated rings. The molecule has 1 amide bonds. The normalized spacial score (nSPS) is 16.2. The summed E-state index contributed by atoms with van der Waals surface area (Å²) in [4.78, 5) is 23.2. The molecule has 102 valence electrons. The van der Waals surface area contributed by atoms with Crippen molar-refractivity contribution >= 4 is 17.4 Å². The third-order valence-corrected chi connectivity index (χ3v) is 3.37. The predicted molar refractivity (Wildman–Crippen MR) is 72.1 cm³/mol. The average molecular weight is 262 g/mol. The van der Waals surface area contributed by atoms with Gasteiger partial charge >= 0.3 is 0 Å². The lowest BCUT2D eigenvalue weighted by molar-refractivity contribution is -0.120. The molecule has 0 saturated heterocycles. The number of carbonyl (C=O) groups excluding carboxylic acids is 2. The molecule has 0 aliphatic heterocycles. The van der Waals surface area contributed by atoms with E-state index in [1.54, 1.807) is 18.2 Å². The number of hydrogen-bond donors (Lipinski definition) is 2. The van der Waals surface area contributed by atoms with Gasteiger partial charge in [-0.2, -0.15) is 0 Å². The van der Waals surface area contributed by atoms with E-state index in [2.05, 4.69) is 5.32 Å². The monoisotopic (exact) mass is 262 g/mol. The van der Waals surface area contributed by atoms with Crippen molar-refractivity contribution in [1.29, 1.82) is 0 Å². The highest BCUT2D eigenvalue weighted by atomic mass is 16.5. The van der Waals surface area contributed by atoms with E-state index < -0.39 is 0 Å². The van der Waals surface area contributed by atoms with Crippen LogP contribution in [0, 0.1) is 0 Å². The SMILES string of the molecule is COc1cc(C(=O)NC2CCC(=O)CC2)ccc1N. The zero-order valence-corrected chi connectivity index (χ0v) is 10.9. The van der Waals surface area contributed by atoms with Crippen molar-refractivity contribution in [2.75, 3.05) is 12.8 Å². The van der Waals surface area contributed by atoms with Gasteiger partial charge in [-0.3, -0.25) is 9.59 Å². The average Bonchev–Trinajstić information content (AvgIpc) is 2.42. The second kappa shape index (κ2) is 5.73. The molecule has 1 saturated carbocycles. The molecule has 1 aromatic rings. The van der Waals surface area contributed by atoms with Crippen LogP contribution in [0.15, 0.2) is 18.2 Å². The van der Waals surface area contributed by atoms with Crippen molar-refractivity contribution in [3.63, 3.8) is 0 Å². The molecule has 19 heavy (non-hydrogen) atoms. The number of methoxy groups -OCH3 is 1. The predicted octanol–water partition coefficient (Wildman–Crippen LogP) is 1.52. The van der Waals surface area contributed by atoms with Crippen LogP contribution >= 0.6 is 0 Å². The van der Waals surface area contributed by atoms with Crippen LogP contribution in [-0.2, 0) is 4.79 Å². The Morgan fingerprint density at radius 1 is 1.37 bits per heavy atom. The highest BCUT2D eigenvalue weighted by Gasteiger charge is 2.21. The maximum absolute atomic E-state index is 12.1. The zero-order chi connectivity index (χ0) is 13.8. The van der Waals surface area contributed by atoms with Crippen LogP contribution in [0.1, 0.15) is 36.0 Å². The summed E-state index contributed by atoms with van der Waals surface area (Å²) in [7, 11) is 1.51. The smallest absolute Gasteiger partial charge is 0.251 e. The van der Waals surface area contributed by atoms with Crippen molar-refractivity contribution < 1.29 is 14.3 Å². The second-order valence-electron chi connectivity index (χ2n) is 4.74. The van der Waals surface area contributed by atoms with Gasteiger partial charge in [0, 0.05) is 24.4 Å². The molecular weight excluding hydrogens is 244 g/mol. The minimum absolute atomic E-state index is 0.0775. The third kappa shape index (κ3) is 3.24. The molecule has 1 aliphatic carbocycles. The van der Waals surface area contributed by atoms with Gasteiger partial charge in [0.1, 0.15) is 11.5 Å². The van der Waals surface area contributed by atoms with E-state index in [1.165, 1.54) is 7.11 Å². The summed E-state index contributed by atoms with van der Waals surface area (Å²) in [6.45, 7) is 0. The first kappa shape index (κ1) is 13.4. The number of nitrogen functional groups attached to an aromatic ring is 1. The highest BCUT2D eigenvalue weighted by Crippen LogP contribution is 2.22. The minimum Gasteiger partial charge on any atom is -0.495 e. The quantitative estimate of drug-likeness (QED) is 0.809. The zero-order valence-electron chi connectivity index (χ0n) is 10.9. The Kier molecular flexibility index (Phi) is 4.04. The summed E-state index contributed by atoms with van der Waals surface area (Å²) >= 11 is 0. The molecule has 0 heterocycles. The van der Waals surface area contributed by atoms with Crippen LogP contribution < -0.4 is 15.8 Å². The number of amides is 1. The molecular formula is C14H18N2O3. The van der Waals surface area contributed by atoms with Crippen LogP contribution in [0.3, 0.4) is 0 Å². The number of ketones is 1. The number of nitrogens with one attached hydrogen (secondary N) is 1. The Balaban J connectivity index is 2.01. The minimum atomic E-state index is -0.155. The Labute approximate surface area is 112 Å². The van der Waals surface area contributed by atoms with Crippen LogP contribution in [0.25, 0.3) is 0 Å². The van der Waals surface area contributed by atoms with E-state index in [9.17, 15) is 9.59 Å². The Bertz CT molecular complexity index is 489. The van der Waals surface area contributed by atoms with Crippen LogP contribution in [-0.4, -0.2) is 24.8 Å². The Morgan fingerprint density at radius 2 is 2.05 bits per heavy atom. The molecule has 0 bridgehead atoms. The molecule has 0 spiro atoms. The summed E-state index contributed by atoms with van der Waals surface area (Å²) in [5.74, 6) is 0.615. The molecule has 0 radical (unpaired) electrons. The highest BCUT2D eigenvalue weighted by molar-refractivity contribution is 5.95. The summed E-state index contributed by atoms with van der Waals surface area (Å²) in [6.07, 6.45) is 2.54. The van der Waals surface area contributed by atoms with E-state index in [0.29, 0.717) is 29.8 Å². The van der Waals surface area contributed by atoms with Gasteiger partial charge in [0.25, 0.3) is 5.91 Å². The number of anilines is 1. The van der Waals surface area contributed by atoms with Crippen molar-refractivity contribution in [3.8, 4) is 5.75 Å². The molecule has 3 N–H and O–H groups in total. The number of carbonyl (C=O) groups is 2. The van der Waals surface area contributed by atoms with E-state index in [4.69, 9.17) is 10.5 Å². The maximum Gasteiger partial charge on any atom is 0.251 e. The molecule has 0 unspecified atom stereocenters. The van der Waals surface area contributed by atoms with E-state index in [0.717, 1.165) is 12.8 Å². The standard InChI is InChI=1S/C14H18N2O3/c1-19-13-8-9(2-7-12(13)15)14(18)16-10-3-5-11(17)6-4-10/h2,7-8,10H,3-6,15H2,1H3,(H,16,18). The lowest BCUT2D eigenvalue weighted by Gasteiger charge is -2.22. The van der Waals surface area contributed by atoms with Crippen molar-refractivity contribution in [2.24, 2.45) is 0 Å². The van der Waals surface area contributed by atoms with Gasteiger partial charge in [0.05, 0.1) is 12.8 Å². The van der Waals surface area contributed by atoms with Gasteiger partial charge in [0.15, 0.2) is 0 Å². The molecule has 0 aromatic heterocycles. The molecule has 1 aromatic carbocycles. The molecule has 0 atom stereocenters. The Hall–Kier alpha value is -2.04. The third-order valence-electron chi connectivity index (χ3n) is 3.37. The van der Waals surface area contributed by atoms with E-state index in [-0.39, 0.29) is 17.7 Å². The largest absolute Gasteiger partial charge is 0.495 e. The van der Waals surface area contributed by atoms with Crippen molar-refractivity contribution in [3.05, 3.63) is 23.8 Å². The van der Waals surface area contributed by atoms with Gasteiger partial charge in [-0.25, -0.2) is 0 Å². The fourth-order valence-corrected chi connectivity index (χ4v) is 2.21. The van der Waals surface area contributed by atoms with Crippen LogP contribution in [0.5, 0.6) is 5.75 Å². The van der Waals surface area contributed by atoms with Gasteiger partial charge < -0.3 is 15.8 Å². The van der Waals surface area contributed by atoms with Gasteiger partial charge in [-0.1, -0.05) is 0 Å². The summed E-state index contributed by atoms with van der Waals surface area (Å²) in [6, 6.07) is 5.02. The van der Waals surface area contributed by atoms with Crippen LogP contribution in [0.4, 0.5) is 5.69 Å². The second-order valence-corrected chi connectivity index (χ2v) is 4.74. The number of hydrogen-bond acceptors (Lipinski definition) is 4. The number of benzene rings is 1. The van der Waals surface area contributed by atoms with E-state index in [1.807, 2.05) is 0 Å². The molecule has 5 heteroatoms. The summed E-state index contributed by atoms with van der Waals surface area (Å²) in [5.41, 5.74) is 6.72. The Morgan fingerprint density at radius 3 is 2.68 bits per heavy atom. The van der Waals surface area contributed by atoms with E-state index >= 15 is 0 Å². The van der Waals surface area contributed by atoms with Gasteiger partial charge in [0.2, 0.25) is 0 Å². The van der Waals surface area contributed by atoms with Crippen molar-refractivity contribution in [1.82, 2.24) is 5.32 Å². The first-order valence-electron chi connectivity index (χ1n) is 6.36. The lowest BCUT2D eigenvalue weighted by Crippen LogP contribution is -2.37. The summed E-state index contributed by atoms with van der Waals surface area (Å²) < 4.78 is 5.09. The summed E-state index contributed by atoms with van der Waals surface area (Å²) in [5, 5.41) is 2.94. The number of Topliss-reactive ketones (excluding diaryl/α,β-unsaturated/α-hetero) is 1. The number of nitrogens with two attached hydrogens (primary N) is 1. The number of rotatable bonds is 3. The fraction of sp³-hybridized carbons (Fsp3) is 0.429. The lowest BCUT2D eigenvalue weighted by atomic mass is 9.94. The number of ether oxygens (including phenoxy) is 1. The molecule has 2 rings (SSSR count). The first-order valence-corrected chi connectivity index (χ1v) is 6.36.